The van der Waals surface area contributed by atoms with Crippen molar-refractivity contribution in [2.45, 2.75) is 13.8 Å². The molecule has 45 heavy (non-hydrogen) atoms. The molecule has 0 bridgehead atoms. The fraction of sp³-hybridized carbons (Fsp3) is 0.0488. The summed E-state index contributed by atoms with van der Waals surface area (Å²) in [7, 11) is 0. The Kier molecular flexibility index (Phi) is 6.54. The van der Waals surface area contributed by atoms with Crippen molar-refractivity contribution >= 4 is 21.8 Å². The van der Waals surface area contributed by atoms with Crippen molar-refractivity contribution in [3.8, 4) is 51.0 Å². The second-order valence-electron chi connectivity index (χ2n) is 11.5. The number of hydrogen-bond donors (Lipinski definition) is 0. The first kappa shape index (κ1) is 26.7. The van der Waals surface area contributed by atoms with E-state index in [0.29, 0.717) is 17.5 Å². The highest BCUT2D eigenvalue weighted by Crippen LogP contribution is 2.37. The third-order valence-corrected chi connectivity index (χ3v) is 8.37. The zero-order chi connectivity index (χ0) is 30.3. The van der Waals surface area contributed by atoms with Gasteiger partial charge in [-0.25, -0.2) is 15.0 Å². The summed E-state index contributed by atoms with van der Waals surface area (Å²) in [6.45, 7) is 4.32. The molecule has 0 radical (unpaired) electrons. The van der Waals surface area contributed by atoms with Crippen LogP contribution in [0.15, 0.2) is 146 Å². The maximum atomic E-state index is 4.92. The molecule has 0 unspecified atom stereocenters. The Morgan fingerprint density at radius 2 is 0.822 bits per heavy atom. The molecule has 0 saturated carbocycles. The number of aryl methyl sites for hydroxylation is 2. The summed E-state index contributed by atoms with van der Waals surface area (Å²) in [5.41, 5.74) is 11.2. The van der Waals surface area contributed by atoms with Crippen molar-refractivity contribution in [3.63, 3.8) is 0 Å². The highest BCUT2D eigenvalue weighted by molar-refractivity contribution is 6.10. The van der Waals surface area contributed by atoms with E-state index in [1.807, 2.05) is 60.7 Å². The molecule has 214 valence electrons. The van der Waals surface area contributed by atoms with E-state index < -0.39 is 0 Å². The first-order chi connectivity index (χ1) is 22.1. The molecule has 0 fully saturated rings. The van der Waals surface area contributed by atoms with Crippen LogP contribution in [0.25, 0.3) is 72.8 Å². The van der Waals surface area contributed by atoms with Crippen LogP contribution in [0.2, 0.25) is 0 Å². The number of nitrogens with zero attached hydrogens (tertiary/aromatic N) is 4. The average Bonchev–Trinajstić information content (AvgIpc) is 3.41. The van der Waals surface area contributed by atoms with Crippen LogP contribution in [0.5, 0.6) is 0 Å². The van der Waals surface area contributed by atoms with E-state index in [1.165, 1.54) is 32.9 Å². The highest BCUT2D eigenvalue weighted by atomic mass is 15.0. The summed E-state index contributed by atoms with van der Waals surface area (Å²) in [5.74, 6) is 1.96. The average molecular weight is 579 g/mol. The van der Waals surface area contributed by atoms with Gasteiger partial charge in [0.2, 0.25) is 0 Å². The lowest BCUT2D eigenvalue weighted by Crippen LogP contribution is -2.00. The molecule has 4 nitrogen and oxygen atoms in total. The second-order valence-corrected chi connectivity index (χ2v) is 11.5. The van der Waals surface area contributed by atoms with Crippen molar-refractivity contribution in [1.82, 2.24) is 19.5 Å². The smallest absolute Gasteiger partial charge is 0.164 e. The third-order valence-electron chi connectivity index (χ3n) is 8.37. The van der Waals surface area contributed by atoms with Crippen molar-refractivity contribution in [3.05, 3.63) is 157 Å². The Bertz CT molecular complexity index is 2200. The summed E-state index contributed by atoms with van der Waals surface area (Å²) in [4.78, 5) is 14.7. The number of rotatable bonds is 5. The molecule has 2 aromatic heterocycles. The Hall–Kier alpha value is -5.87. The largest absolute Gasteiger partial charge is 0.309 e. The first-order valence-electron chi connectivity index (χ1n) is 15.2. The van der Waals surface area contributed by atoms with E-state index in [4.69, 9.17) is 15.0 Å². The summed E-state index contributed by atoms with van der Waals surface area (Å²) >= 11 is 0. The van der Waals surface area contributed by atoms with Gasteiger partial charge in [-0.2, -0.15) is 0 Å². The minimum atomic E-state index is 0.649. The molecule has 0 spiro atoms. The van der Waals surface area contributed by atoms with Crippen LogP contribution in [0, 0.1) is 13.8 Å². The monoisotopic (exact) mass is 578 g/mol. The van der Waals surface area contributed by atoms with Crippen molar-refractivity contribution in [2.75, 3.05) is 0 Å². The third kappa shape index (κ3) is 4.87. The molecule has 6 aromatic carbocycles. The summed E-state index contributed by atoms with van der Waals surface area (Å²) < 4.78 is 2.40. The van der Waals surface area contributed by atoms with Gasteiger partial charge in [0.05, 0.1) is 16.7 Å². The van der Waals surface area contributed by atoms with Crippen LogP contribution < -0.4 is 0 Å². The Balaban J connectivity index is 1.25. The topological polar surface area (TPSA) is 43.6 Å². The maximum absolute atomic E-state index is 4.92. The number of para-hydroxylation sites is 1. The Morgan fingerprint density at radius 1 is 0.400 bits per heavy atom. The van der Waals surface area contributed by atoms with Gasteiger partial charge < -0.3 is 4.57 Å². The van der Waals surface area contributed by atoms with Crippen LogP contribution in [0.4, 0.5) is 0 Å². The molecule has 4 heteroatoms. The van der Waals surface area contributed by atoms with E-state index in [1.54, 1.807) is 0 Å². The molecular weight excluding hydrogens is 548 g/mol. The second kappa shape index (κ2) is 11.0. The fourth-order valence-electron chi connectivity index (χ4n) is 6.16. The van der Waals surface area contributed by atoms with Crippen LogP contribution in [-0.2, 0) is 0 Å². The molecule has 0 saturated heterocycles. The van der Waals surface area contributed by atoms with Crippen LogP contribution in [0.1, 0.15) is 11.1 Å². The lowest BCUT2D eigenvalue weighted by molar-refractivity contribution is 1.07. The van der Waals surface area contributed by atoms with Crippen LogP contribution in [0.3, 0.4) is 0 Å². The van der Waals surface area contributed by atoms with Gasteiger partial charge in [-0.3, -0.25) is 0 Å². The Morgan fingerprint density at radius 3 is 1.33 bits per heavy atom. The molecule has 8 rings (SSSR count). The van der Waals surface area contributed by atoms with E-state index in [9.17, 15) is 0 Å². The molecule has 0 N–H and O–H groups in total. The lowest BCUT2D eigenvalue weighted by Gasteiger charge is -2.14. The van der Waals surface area contributed by atoms with Gasteiger partial charge in [0.15, 0.2) is 17.5 Å². The van der Waals surface area contributed by atoms with Crippen LogP contribution in [-0.4, -0.2) is 19.5 Å². The molecule has 8 aromatic rings. The van der Waals surface area contributed by atoms with Crippen LogP contribution >= 0.6 is 0 Å². The minimum Gasteiger partial charge on any atom is -0.309 e. The summed E-state index contributed by atoms with van der Waals surface area (Å²) in [6, 6.07) is 50.9. The zero-order valence-corrected chi connectivity index (χ0v) is 25.1. The van der Waals surface area contributed by atoms with E-state index in [-0.39, 0.29) is 0 Å². The maximum Gasteiger partial charge on any atom is 0.164 e. The summed E-state index contributed by atoms with van der Waals surface area (Å²) in [5, 5.41) is 2.55. The number of aromatic nitrogens is 4. The zero-order valence-electron chi connectivity index (χ0n) is 25.1. The molecule has 2 heterocycles. The minimum absolute atomic E-state index is 0.649. The van der Waals surface area contributed by atoms with Gasteiger partial charge in [0, 0.05) is 33.0 Å². The van der Waals surface area contributed by atoms with Gasteiger partial charge in [0.1, 0.15) is 0 Å². The van der Waals surface area contributed by atoms with Gasteiger partial charge in [-0.1, -0.05) is 126 Å². The predicted octanol–water partition coefficient (Wildman–Crippen LogP) is 10.3. The van der Waals surface area contributed by atoms with Gasteiger partial charge in [-0.15, -0.1) is 0 Å². The van der Waals surface area contributed by atoms with Crippen molar-refractivity contribution in [2.24, 2.45) is 0 Å². The summed E-state index contributed by atoms with van der Waals surface area (Å²) in [6.07, 6.45) is 0. The standard InChI is InChI=1S/C41H30N4/c1-27-17-23-37-34(25-27)35-26-28(2)18-24-38(35)45(37)36-16-10-9-15-33(36)29-19-21-32(22-20-29)41-43-39(30-11-5-3-6-12-30)42-40(44-41)31-13-7-4-8-14-31/h3-26H,1-2H3. The number of fused-ring (bicyclic) bond motifs is 3. The molecule has 0 aliphatic carbocycles. The molecular formula is C41H30N4. The molecule has 0 aliphatic rings. The quantitative estimate of drug-likeness (QED) is 0.204. The van der Waals surface area contributed by atoms with Gasteiger partial charge >= 0.3 is 0 Å². The number of benzene rings is 6. The van der Waals surface area contributed by atoms with Gasteiger partial charge in [0.25, 0.3) is 0 Å². The number of hydrogen-bond acceptors (Lipinski definition) is 3. The van der Waals surface area contributed by atoms with E-state index >= 15 is 0 Å². The van der Waals surface area contributed by atoms with Crippen molar-refractivity contribution in [1.29, 1.82) is 0 Å². The normalized spacial score (nSPS) is 11.3. The SMILES string of the molecule is Cc1ccc2c(c1)c1cc(C)ccc1n2-c1ccccc1-c1ccc(-c2nc(-c3ccccc3)nc(-c3ccccc3)n2)cc1. The first-order valence-corrected chi connectivity index (χ1v) is 15.2. The van der Waals surface area contributed by atoms with E-state index in [0.717, 1.165) is 33.5 Å². The molecule has 0 aliphatic heterocycles. The highest BCUT2D eigenvalue weighted by Gasteiger charge is 2.17. The van der Waals surface area contributed by atoms with E-state index in [2.05, 4.69) is 103 Å². The Labute approximate surface area is 262 Å². The molecule has 0 amide bonds. The lowest BCUT2D eigenvalue weighted by atomic mass is 10.0. The predicted molar refractivity (Wildman–Crippen MR) is 185 cm³/mol. The fourth-order valence-corrected chi connectivity index (χ4v) is 6.16. The van der Waals surface area contributed by atoms with Crippen molar-refractivity contribution < 1.29 is 0 Å². The van der Waals surface area contributed by atoms with Gasteiger partial charge in [-0.05, 0) is 49.7 Å². The molecule has 0 atom stereocenters.